The minimum Gasteiger partial charge on any atom is -0.497 e. The standard InChI is InChI=1S/C21H27NO3S/c1-15(2)13-20(16-5-7-17(24-3)8-6-16)22-21(23)14-26-19-11-9-18(25-4)10-12-19/h5-12,15,20H,13-14H2,1-4H3,(H,22,23). The smallest absolute Gasteiger partial charge is 0.230 e. The second kappa shape index (κ2) is 10.1. The van der Waals surface area contributed by atoms with E-state index in [4.69, 9.17) is 9.47 Å². The van der Waals surface area contributed by atoms with Crippen LogP contribution in [0.5, 0.6) is 11.5 Å². The van der Waals surface area contributed by atoms with Crippen LogP contribution in [0.1, 0.15) is 31.9 Å². The Morgan fingerprint density at radius 3 is 2.00 bits per heavy atom. The van der Waals surface area contributed by atoms with Gasteiger partial charge in [-0.15, -0.1) is 11.8 Å². The Kier molecular flexibility index (Phi) is 7.85. The molecule has 2 rings (SSSR count). The largest absolute Gasteiger partial charge is 0.497 e. The van der Waals surface area contributed by atoms with Gasteiger partial charge in [0.2, 0.25) is 5.91 Å². The van der Waals surface area contributed by atoms with Gasteiger partial charge in [0.1, 0.15) is 11.5 Å². The van der Waals surface area contributed by atoms with E-state index in [0.717, 1.165) is 28.4 Å². The Balaban J connectivity index is 1.96. The number of carbonyl (C=O) groups is 1. The van der Waals surface area contributed by atoms with Gasteiger partial charge in [0, 0.05) is 4.90 Å². The van der Waals surface area contributed by atoms with Gasteiger partial charge in [0.25, 0.3) is 0 Å². The van der Waals surface area contributed by atoms with Crippen molar-refractivity contribution >= 4 is 17.7 Å². The molecule has 1 N–H and O–H groups in total. The van der Waals surface area contributed by atoms with E-state index in [-0.39, 0.29) is 11.9 Å². The highest BCUT2D eigenvalue weighted by atomic mass is 32.2. The summed E-state index contributed by atoms with van der Waals surface area (Å²) in [6, 6.07) is 15.6. The zero-order valence-electron chi connectivity index (χ0n) is 15.8. The number of methoxy groups -OCH3 is 2. The summed E-state index contributed by atoms with van der Waals surface area (Å²) in [4.78, 5) is 13.5. The third-order valence-corrected chi connectivity index (χ3v) is 5.00. The van der Waals surface area contributed by atoms with Crippen molar-refractivity contribution in [1.82, 2.24) is 5.32 Å². The average Bonchev–Trinajstić information content (AvgIpc) is 2.66. The molecule has 0 heterocycles. The van der Waals surface area contributed by atoms with Gasteiger partial charge in [-0.1, -0.05) is 26.0 Å². The molecule has 5 heteroatoms. The van der Waals surface area contributed by atoms with Crippen LogP contribution in [0.25, 0.3) is 0 Å². The van der Waals surface area contributed by atoms with Crippen molar-refractivity contribution < 1.29 is 14.3 Å². The summed E-state index contributed by atoms with van der Waals surface area (Å²) >= 11 is 1.52. The Hall–Kier alpha value is -2.14. The lowest BCUT2D eigenvalue weighted by atomic mass is 9.97. The SMILES string of the molecule is COc1ccc(SCC(=O)NC(CC(C)C)c2ccc(OC)cc2)cc1. The third-order valence-electron chi connectivity index (χ3n) is 3.99. The second-order valence-corrected chi connectivity index (χ2v) is 7.54. The van der Waals surface area contributed by atoms with E-state index in [2.05, 4.69) is 19.2 Å². The molecule has 0 radical (unpaired) electrons. The minimum absolute atomic E-state index is 0.00451. The van der Waals surface area contributed by atoms with Gasteiger partial charge in [0.05, 0.1) is 26.0 Å². The number of nitrogens with one attached hydrogen (secondary N) is 1. The van der Waals surface area contributed by atoms with Gasteiger partial charge in [-0.2, -0.15) is 0 Å². The van der Waals surface area contributed by atoms with Crippen LogP contribution >= 0.6 is 11.8 Å². The van der Waals surface area contributed by atoms with E-state index >= 15 is 0 Å². The van der Waals surface area contributed by atoms with E-state index in [1.165, 1.54) is 11.8 Å². The summed E-state index contributed by atoms with van der Waals surface area (Å²) in [6.45, 7) is 4.32. The lowest BCUT2D eigenvalue weighted by molar-refractivity contribution is -0.119. The quantitative estimate of drug-likeness (QED) is 0.647. The molecule has 0 saturated carbocycles. The van der Waals surface area contributed by atoms with Gasteiger partial charge < -0.3 is 14.8 Å². The molecule has 0 aromatic heterocycles. The van der Waals surface area contributed by atoms with Crippen LogP contribution in [0.4, 0.5) is 0 Å². The molecule has 0 spiro atoms. The van der Waals surface area contributed by atoms with Crippen LogP contribution in [0, 0.1) is 5.92 Å². The number of amides is 1. The second-order valence-electron chi connectivity index (χ2n) is 6.49. The molecule has 0 aliphatic heterocycles. The molecule has 140 valence electrons. The van der Waals surface area contributed by atoms with Crippen molar-refractivity contribution in [2.24, 2.45) is 5.92 Å². The maximum Gasteiger partial charge on any atom is 0.230 e. The summed E-state index contributed by atoms with van der Waals surface area (Å²) in [7, 11) is 3.29. The molecule has 2 aromatic carbocycles. The molecule has 1 amide bonds. The molecular weight excluding hydrogens is 346 g/mol. The summed E-state index contributed by atoms with van der Waals surface area (Å²) in [5.41, 5.74) is 1.10. The van der Waals surface area contributed by atoms with E-state index < -0.39 is 0 Å². The van der Waals surface area contributed by atoms with Crippen LogP contribution < -0.4 is 14.8 Å². The lowest BCUT2D eigenvalue weighted by Crippen LogP contribution is -2.30. The van der Waals surface area contributed by atoms with Crippen molar-refractivity contribution in [1.29, 1.82) is 0 Å². The minimum atomic E-state index is 0.00451. The van der Waals surface area contributed by atoms with Gasteiger partial charge in [-0.3, -0.25) is 4.79 Å². The van der Waals surface area contributed by atoms with E-state index in [1.807, 2.05) is 48.5 Å². The summed E-state index contributed by atoms with van der Waals surface area (Å²) < 4.78 is 10.4. The highest BCUT2D eigenvalue weighted by Gasteiger charge is 2.16. The number of thioether (sulfide) groups is 1. The summed E-state index contributed by atoms with van der Waals surface area (Å²) in [6.07, 6.45) is 0.894. The van der Waals surface area contributed by atoms with E-state index in [9.17, 15) is 4.79 Å². The van der Waals surface area contributed by atoms with Gasteiger partial charge in [-0.25, -0.2) is 0 Å². The third kappa shape index (κ3) is 6.30. The Morgan fingerprint density at radius 2 is 1.50 bits per heavy atom. The average molecular weight is 374 g/mol. The van der Waals surface area contributed by atoms with Crippen LogP contribution in [-0.4, -0.2) is 25.9 Å². The first-order valence-corrected chi connectivity index (χ1v) is 9.70. The van der Waals surface area contributed by atoms with Gasteiger partial charge >= 0.3 is 0 Å². The first-order valence-electron chi connectivity index (χ1n) is 8.72. The van der Waals surface area contributed by atoms with Crippen molar-refractivity contribution in [3.63, 3.8) is 0 Å². The molecule has 0 fully saturated rings. The molecule has 0 aliphatic carbocycles. The number of hydrogen-bond acceptors (Lipinski definition) is 4. The Bertz CT molecular complexity index is 683. The van der Waals surface area contributed by atoms with Crippen LogP contribution in [0.2, 0.25) is 0 Å². The molecule has 0 bridgehead atoms. The first kappa shape index (κ1) is 20.2. The molecular formula is C21H27NO3S. The van der Waals surface area contributed by atoms with E-state index in [0.29, 0.717) is 11.7 Å². The molecule has 2 aromatic rings. The molecule has 4 nitrogen and oxygen atoms in total. The van der Waals surface area contributed by atoms with Crippen LogP contribution in [0.15, 0.2) is 53.4 Å². The first-order chi connectivity index (χ1) is 12.5. The normalized spacial score (nSPS) is 11.9. The molecule has 0 aliphatic rings. The number of rotatable bonds is 9. The Labute approximate surface area is 160 Å². The topological polar surface area (TPSA) is 47.6 Å². The van der Waals surface area contributed by atoms with Gasteiger partial charge in [-0.05, 0) is 54.3 Å². The maximum atomic E-state index is 12.4. The highest BCUT2D eigenvalue weighted by molar-refractivity contribution is 8.00. The zero-order valence-corrected chi connectivity index (χ0v) is 16.6. The Morgan fingerprint density at radius 1 is 0.962 bits per heavy atom. The molecule has 0 saturated heterocycles. The fourth-order valence-electron chi connectivity index (χ4n) is 2.64. The lowest BCUT2D eigenvalue weighted by Gasteiger charge is -2.21. The number of hydrogen-bond donors (Lipinski definition) is 1. The predicted octanol–water partition coefficient (Wildman–Crippen LogP) is 4.70. The number of benzene rings is 2. The fraction of sp³-hybridized carbons (Fsp3) is 0.381. The fourth-order valence-corrected chi connectivity index (χ4v) is 3.35. The van der Waals surface area contributed by atoms with Crippen molar-refractivity contribution in [2.45, 2.75) is 31.2 Å². The summed E-state index contributed by atoms with van der Waals surface area (Å²) in [5, 5.41) is 3.17. The molecule has 26 heavy (non-hydrogen) atoms. The highest BCUT2D eigenvalue weighted by Crippen LogP contribution is 2.25. The van der Waals surface area contributed by atoms with Crippen LogP contribution in [0.3, 0.4) is 0 Å². The van der Waals surface area contributed by atoms with Crippen LogP contribution in [-0.2, 0) is 4.79 Å². The number of ether oxygens (including phenoxy) is 2. The number of carbonyl (C=O) groups excluding carboxylic acids is 1. The zero-order chi connectivity index (χ0) is 18.9. The van der Waals surface area contributed by atoms with E-state index in [1.54, 1.807) is 14.2 Å². The molecule has 1 atom stereocenters. The maximum absolute atomic E-state index is 12.4. The van der Waals surface area contributed by atoms with Crippen molar-refractivity contribution in [2.75, 3.05) is 20.0 Å². The molecule has 1 unspecified atom stereocenters. The predicted molar refractivity (Wildman–Crippen MR) is 107 cm³/mol. The summed E-state index contributed by atoms with van der Waals surface area (Å²) in [5.74, 6) is 2.54. The van der Waals surface area contributed by atoms with Crippen molar-refractivity contribution in [3.05, 3.63) is 54.1 Å². The van der Waals surface area contributed by atoms with Crippen molar-refractivity contribution in [3.8, 4) is 11.5 Å². The van der Waals surface area contributed by atoms with Gasteiger partial charge in [0.15, 0.2) is 0 Å². The monoisotopic (exact) mass is 373 g/mol.